The maximum atomic E-state index is 4.58. The Labute approximate surface area is 140 Å². The molecule has 1 aliphatic heterocycles. The minimum absolute atomic E-state index is 0.299. The molecule has 3 aromatic rings. The van der Waals surface area contributed by atoms with E-state index in [1.807, 2.05) is 4.68 Å². The van der Waals surface area contributed by atoms with Gasteiger partial charge in [0.25, 0.3) is 5.78 Å². The third-order valence-electron chi connectivity index (χ3n) is 4.38. The number of aromatic nitrogens is 7. The van der Waals surface area contributed by atoms with E-state index in [1.165, 1.54) is 0 Å². The van der Waals surface area contributed by atoms with Gasteiger partial charge >= 0.3 is 0 Å². The molecular weight excluding hydrogens is 304 g/mol. The van der Waals surface area contributed by atoms with Crippen LogP contribution in [0.15, 0.2) is 12.4 Å². The molecule has 0 spiro atoms. The Balaban J connectivity index is 1.59. The molecule has 0 bridgehead atoms. The number of aryl methyl sites for hydroxylation is 3. The summed E-state index contributed by atoms with van der Waals surface area (Å²) in [7, 11) is 0. The van der Waals surface area contributed by atoms with E-state index in [2.05, 4.69) is 50.4 Å². The van der Waals surface area contributed by atoms with E-state index in [4.69, 9.17) is 0 Å². The summed E-state index contributed by atoms with van der Waals surface area (Å²) in [5.41, 5.74) is 1.05. The van der Waals surface area contributed by atoms with Gasteiger partial charge in [0.05, 0.1) is 6.54 Å². The predicted octanol–water partition coefficient (Wildman–Crippen LogP) is 1.66. The first-order chi connectivity index (χ1) is 11.8. The number of fused-ring (bicyclic) bond motifs is 2. The Morgan fingerprint density at radius 2 is 2.21 bits per heavy atom. The highest BCUT2D eigenvalue weighted by atomic mass is 15.4. The lowest BCUT2D eigenvalue weighted by molar-refractivity contribution is 0.439. The average molecular weight is 326 g/mol. The summed E-state index contributed by atoms with van der Waals surface area (Å²) >= 11 is 0. The molecule has 1 N–H and O–H groups in total. The molecule has 1 aliphatic rings. The summed E-state index contributed by atoms with van der Waals surface area (Å²) in [5.74, 6) is 3.62. The zero-order chi connectivity index (χ0) is 16.5. The van der Waals surface area contributed by atoms with Crippen molar-refractivity contribution in [2.75, 3.05) is 5.32 Å². The van der Waals surface area contributed by atoms with Crippen LogP contribution in [-0.4, -0.2) is 40.4 Å². The van der Waals surface area contributed by atoms with E-state index < -0.39 is 0 Å². The number of hydrogen-bond donors (Lipinski definition) is 1. The van der Waals surface area contributed by atoms with Gasteiger partial charge in [-0.3, -0.25) is 0 Å². The van der Waals surface area contributed by atoms with Gasteiger partial charge < -0.3 is 5.32 Å². The topological polar surface area (TPSA) is 85.8 Å². The summed E-state index contributed by atoms with van der Waals surface area (Å²) in [6.45, 7) is 5.07. The molecule has 0 radical (unpaired) electrons. The Morgan fingerprint density at radius 3 is 3.04 bits per heavy atom. The fraction of sp³-hybridized carbons (Fsp3) is 0.562. The Morgan fingerprint density at radius 1 is 1.29 bits per heavy atom. The highest BCUT2D eigenvalue weighted by Gasteiger charge is 2.22. The van der Waals surface area contributed by atoms with Crippen molar-refractivity contribution in [1.82, 2.24) is 34.3 Å². The van der Waals surface area contributed by atoms with Crippen molar-refractivity contribution in [3.8, 4) is 0 Å². The maximum absolute atomic E-state index is 4.58. The molecule has 4 heterocycles. The zero-order valence-electron chi connectivity index (χ0n) is 14.1. The summed E-state index contributed by atoms with van der Waals surface area (Å²) in [6.07, 6.45) is 6.40. The second-order valence-electron chi connectivity index (χ2n) is 6.21. The van der Waals surface area contributed by atoms with E-state index >= 15 is 0 Å². The van der Waals surface area contributed by atoms with Crippen LogP contribution in [0.5, 0.6) is 0 Å². The summed E-state index contributed by atoms with van der Waals surface area (Å²) < 4.78 is 3.81. The van der Waals surface area contributed by atoms with Crippen LogP contribution in [0.3, 0.4) is 0 Å². The molecule has 8 heteroatoms. The molecule has 126 valence electrons. The molecule has 0 unspecified atom stereocenters. The van der Waals surface area contributed by atoms with Crippen molar-refractivity contribution >= 4 is 11.6 Å². The molecule has 1 atom stereocenters. The zero-order valence-corrected chi connectivity index (χ0v) is 14.1. The summed E-state index contributed by atoms with van der Waals surface area (Å²) in [4.78, 5) is 13.4. The van der Waals surface area contributed by atoms with E-state index in [9.17, 15) is 0 Å². The van der Waals surface area contributed by atoms with Crippen molar-refractivity contribution in [3.63, 3.8) is 0 Å². The number of rotatable bonds is 5. The lowest BCUT2D eigenvalue weighted by Gasteiger charge is -2.24. The second-order valence-corrected chi connectivity index (χ2v) is 6.21. The number of nitrogens with zero attached hydrogens (tertiary/aromatic N) is 7. The van der Waals surface area contributed by atoms with Crippen LogP contribution >= 0.6 is 0 Å². The van der Waals surface area contributed by atoms with E-state index in [0.717, 1.165) is 61.8 Å². The van der Waals surface area contributed by atoms with Gasteiger partial charge in [0.15, 0.2) is 5.82 Å². The number of anilines is 1. The predicted molar refractivity (Wildman–Crippen MR) is 89.9 cm³/mol. The molecular formula is C16H22N8. The first kappa shape index (κ1) is 15.0. The minimum Gasteiger partial charge on any atom is -0.365 e. The molecule has 24 heavy (non-hydrogen) atoms. The molecule has 4 rings (SSSR count). The average Bonchev–Trinajstić information content (AvgIpc) is 3.20. The van der Waals surface area contributed by atoms with E-state index in [0.29, 0.717) is 11.8 Å². The molecule has 0 aromatic carbocycles. The lowest BCUT2D eigenvalue weighted by Crippen LogP contribution is -2.32. The van der Waals surface area contributed by atoms with Crippen LogP contribution in [0.2, 0.25) is 0 Å². The first-order valence-corrected chi connectivity index (χ1v) is 8.65. The monoisotopic (exact) mass is 326 g/mol. The van der Waals surface area contributed by atoms with Crippen molar-refractivity contribution in [2.24, 2.45) is 0 Å². The van der Waals surface area contributed by atoms with Crippen molar-refractivity contribution in [1.29, 1.82) is 0 Å². The molecule has 0 amide bonds. The fourth-order valence-corrected chi connectivity index (χ4v) is 3.19. The fourth-order valence-electron chi connectivity index (χ4n) is 3.19. The highest BCUT2D eigenvalue weighted by molar-refractivity contribution is 5.45. The van der Waals surface area contributed by atoms with E-state index in [-0.39, 0.29) is 0 Å². The summed E-state index contributed by atoms with van der Waals surface area (Å²) in [5, 5.41) is 12.5. The molecule has 0 saturated carbocycles. The van der Waals surface area contributed by atoms with Gasteiger partial charge in [-0.05, 0) is 12.8 Å². The third-order valence-corrected chi connectivity index (χ3v) is 4.38. The van der Waals surface area contributed by atoms with Gasteiger partial charge in [0, 0.05) is 30.6 Å². The maximum Gasteiger partial charge on any atom is 0.254 e. The summed E-state index contributed by atoms with van der Waals surface area (Å²) in [6, 6.07) is 2.38. The van der Waals surface area contributed by atoms with Crippen LogP contribution in [0, 0.1) is 0 Å². The van der Waals surface area contributed by atoms with Gasteiger partial charge in [-0.25, -0.2) is 14.6 Å². The molecule has 8 nitrogen and oxygen atoms in total. The Hall–Kier alpha value is -2.51. The van der Waals surface area contributed by atoms with Crippen LogP contribution in [0.1, 0.15) is 44.0 Å². The van der Waals surface area contributed by atoms with Crippen LogP contribution < -0.4 is 5.32 Å². The third kappa shape index (κ3) is 2.72. The number of nitrogens with one attached hydrogen (secondary N) is 1. The van der Waals surface area contributed by atoms with Crippen molar-refractivity contribution in [3.05, 3.63) is 29.7 Å². The second kappa shape index (κ2) is 6.18. The van der Waals surface area contributed by atoms with Gasteiger partial charge in [0.1, 0.15) is 18.0 Å². The highest BCUT2D eigenvalue weighted by Crippen LogP contribution is 2.19. The SMILES string of the molecule is CCCc1cc(N[C@@H]2CCc3nc(CC)nn3C2)n2ncnc2n1. The van der Waals surface area contributed by atoms with Crippen molar-refractivity contribution in [2.45, 2.75) is 58.5 Å². The Bertz CT molecular complexity index is 849. The van der Waals surface area contributed by atoms with Crippen LogP contribution in [0.4, 0.5) is 5.82 Å². The molecule has 3 aromatic heterocycles. The largest absolute Gasteiger partial charge is 0.365 e. The quantitative estimate of drug-likeness (QED) is 0.767. The first-order valence-electron chi connectivity index (χ1n) is 8.65. The van der Waals surface area contributed by atoms with Gasteiger partial charge in [-0.1, -0.05) is 20.3 Å². The van der Waals surface area contributed by atoms with E-state index in [1.54, 1.807) is 10.8 Å². The van der Waals surface area contributed by atoms with Gasteiger partial charge in [0.2, 0.25) is 0 Å². The molecule has 0 aliphatic carbocycles. The smallest absolute Gasteiger partial charge is 0.254 e. The standard InChI is InChI=1S/C16H22N8/c1-3-5-11-8-15(24-16(20-11)17-10-18-24)19-12-6-7-14-21-13(4-2)22-23(14)9-12/h8,10,12,19H,3-7,9H2,1-2H3/t12-/m1/s1. The van der Waals surface area contributed by atoms with Crippen LogP contribution in [0.25, 0.3) is 5.78 Å². The van der Waals surface area contributed by atoms with Gasteiger partial charge in [-0.2, -0.15) is 19.7 Å². The van der Waals surface area contributed by atoms with Gasteiger partial charge in [-0.15, -0.1) is 0 Å². The normalized spacial score (nSPS) is 17.2. The molecule has 0 saturated heterocycles. The Kier molecular flexibility index (Phi) is 3.87. The van der Waals surface area contributed by atoms with Crippen LogP contribution in [-0.2, 0) is 25.8 Å². The minimum atomic E-state index is 0.299. The van der Waals surface area contributed by atoms with Crippen molar-refractivity contribution < 1.29 is 0 Å². The number of hydrogen-bond acceptors (Lipinski definition) is 6. The molecule has 0 fully saturated rings. The lowest BCUT2D eigenvalue weighted by atomic mass is 10.1.